The van der Waals surface area contributed by atoms with Gasteiger partial charge >= 0.3 is 0 Å². The molecule has 1 atom stereocenters. The highest BCUT2D eigenvalue weighted by Gasteiger charge is 2.27. The van der Waals surface area contributed by atoms with Gasteiger partial charge in [0.1, 0.15) is 0 Å². The fourth-order valence-electron chi connectivity index (χ4n) is 2.77. The molecule has 1 aromatic rings. The Hall–Kier alpha value is -0.870. The highest BCUT2D eigenvalue weighted by Crippen LogP contribution is 2.36. The molecule has 16 heavy (non-hydrogen) atoms. The lowest BCUT2D eigenvalue weighted by atomic mass is 9.78. The van der Waals surface area contributed by atoms with E-state index in [9.17, 15) is 0 Å². The van der Waals surface area contributed by atoms with Crippen LogP contribution >= 0.6 is 0 Å². The summed E-state index contributed by atoms with van der Waals surface area (Å²) in [7, 11) is 1.98. The fraction of sp³-hybridized carbons (Fsp3) is 0.750. The second-order valence-electron chi connectivity index (χ2n) is 5.04. The average molecular weight is 222 g/mol. The van der Waals surface area contributed by atoms with Crippen LogP contribution in [0.4, 0.5) is 0 Å². The van der Waals surface area contributed by atoms with Gasteiger partial charge in [0, 0.05) is 13.2 Å². The van der Waals surface area contributed by atoms with Gasteiger partial charge in [-0.25, -0.2) is 0 Å². The Morgan fingerprint density at radius 3 is 2.62 bits per heavy atom. The van der Waals surface area contributed by atoms with Gasteiger partial charge in [-0.2, -0.15) is 5.10 Å². The monoisotopic (exact) mass is 222 g/mol. The third-order valence-electron chi connectivity index (χ3n) is 3.89. The van der Waals surface area contributed by atoms with E-state index in [0.717, 1.165) is 5.92 Å². The lowest BCUT2D eigenvalue weighted by Crippen LogP contribution is -2.36. The first-order valence-corrected chi connectivity index (χ1v) is 6.16. The summed E-state index contributed by atoms with van der Waals surface area (Å²) in [5.41, 5.74) is 4.17. The quantitative estimate of drug-likeness (QED) is 0.605. The Morgan fingerprint density at radius 1 is 1.44 bits per heavy atom. The molecule has 4 nitrogen and oxygen atoms in total. The molecule has 1 unspecified atom stereocenters. The van der Waals surface area contributed by atoms with Gasteiger partial charge in [0.2, 0.25) is 0 Å². The van der Waals surface area contributed by atoms with Crippen LogP contribution in [0.15, 0.2) is 12.3 Å². The number of aromatic nitrogens is 2. The predicted octanol–water partition coefficient (Wildman–Crippen LogP) is 1.75. The number of rotatable bonds is 3. The molecule has 0 aliphatic heterocycles. The lowest BCUT2D eigenvalue weighted by Gasteiger charge is -2.32. The van der Waals surface area contributed by atoms with Crippen molar-refractivity contribution in [1.82, 2.24) is 15.2 Å². The van der Waals surface area contributed by atoms with E-state index >= 15 is 0 Å². The zero-order valence-electron chi connectivity index (χ0n) is 10.2. The SMILES string of the molecule is CC1CCC(C(NN)c2ccnn2C)CC1. The van der Waals surface area contributed by atoms with Crippen molar-refractivity contribution in [2.45, 2.75) is 38.6 Å². The van der Waals surface area contributed by atoms with E-state index in [2.05, 4.69) is 23.5 Å². The topological polar surface area (TPSA) is 55.9 Å². The number of nitrogens with one attached hydrogen (secondary N) is 1. The maximum atomic E-state index is 5.71. The van der Waals surface area contributed by atoms with Crippen LogP contribution in [0.2, 0.25) is 0 Å². The number of nitrogens with zero attached hydrogens (tertiary/aromatic N) is 2. The first kappa shape index (κ1) is 11.6. The van der Waals surface area contributed by atoms with Gasteiger partial charge in [-0.3, -0.25) is 16.0 Å². The van der Waals surface area contributed by atoms with Crippen LogP contribution < -0.4 is 11.3 Å². The number of nitrogens with two attached hydrogens (primary N) is 1. The summed E-state index contributed by atoms with van der Waals surface area (Å²) in [4.78, 5) is 0. The Kier molecular flexibility index (Phi) is 3.61. The van der Waals surface area contributed by atoms with Crippen molar-refractivity contribution in [2.24, 2.45) is 24.7 Å². The molecule has 0 radical (unpaired) electrons. The van der Waals surface area contributed by atoms with E-state index < -0.39 is 0 Å². The molecule has 0 amide bonds. The Labute approximate surface area is 97.2 Å². The molecule has 1 saturated carbocycles. The van der Waals surface area contributed by atoms with Gasteiger partial charge in [0.25, 0.3) is 0 Å². The van der Waals surface area contributed by atoms with Crippen LogP contribution in [-0.2, 0) is 7.05 Å². The number of hydrazine groups is 1. The number of hydrogen-bond donors (Lipinski definition) is 2. The molecule has 1 aliphatic carbocycles. The van der Waals surface area contributed by atoms with Crippen molar-refractivity contribution in [3.8, 4) is 0 Å². The van der Waals surface area contributed by atoms with Crippen LogP contribution in [0.5, 0.6) is 0 Å². The van der Waals surface area contributed by atoms with E-state index in [0.29, 0.717) is 5.92 Å². The van der Waals surface area contributed by atoms with Crippen LogP contribution in [0.1, 0.15) is 44.3 Å². The van der Waals surface area contributed by atoms with Crippen molar-refractivity contribution in [1.29, 1.82) is 0 Å². The third-order valence-corrected chi connectivity index (χ3v) is 3.89. The second kappa shape index (κ2) is 4.97. The summed E-state index contributed by atoms with van der Waals surface area (Å²) in [5, 5.41) is 4.22. The molecule has 0 saturated heterocycles. The molecule has 4 heteroatoms. The van der Waals surface area contributed by atoms with Gasteiger partial charge < -0.3 is 0 Å². The normalized spacial score (nSPS) is 27.9. The molecule has 2 rings (SSSR count). The van der Waals surface area contributed by atoms with Crippen LogP contribution in [-0.4, -0.2) is 9.78 Å². The highest BCUT2D eigenvalue weighted by molar-refractivity contribution is 5.08. The molecule has 1 aliphatic rings. The van der Waals surface area contributed by atoms with Crippen molar-refractivity contribution in [3.63, 3.8) is 0 Å². The van der Waals surface area contributed by atoms with Gasteiger partial charge in [0.15, 0.2) is 0 Å². The van der Waals surface area contributed by atoms with Crippen LogP contribution in [0.25, 0.3) is 0 Å². The van der Waals surface area contributed by atoms with E-state index in [1.54, 1.807) is 0 Å². The molecule has 0 aromatic carbocycles. The largest absolute Gasteiger partial charge is 0.271 e. The van der Waals surface area contributed by atoms with Gasteiger partial charge in [-0.05, 0) is 30.7 Å². The third kappa shape index (κ3) is 2.28. The molecular formula is C12H22N4. The Morgan fingerprint density at radius 2 is 2.12 bits per heavy atom. The Bertz CT molecular complexity index is 326. The minimum atomic E-state index is 0.250. The van der Waals surface area contributed by atoms with Crippen molar-refractivity contribution in [3.05, 3.63) is 18.0 Å². The molecule has 0 spiro atoms. The van der Waals surface area contributed by atoms with Crippen LogP contribution in [0.3, 0.4) is 0 Å². The molecule has 3 N–H and O–H groups in total. The standard InChI is InChI=1S/C12H22N4/c1-9-3-5-10(6-4-9)12(15-13)11-7-8-14-16(11)2/h7-10,12,15H,3-6,13H2,1-2H3. The van der Waals surface area contributed by atoms with Crippen molar-refractivity contribution in [2.75, 3.05) is 0 Å². The molecule has 0 bridgehead atoms. The molecule has 90 valence electrons. The first-order valence-electron chi connectivity index (χ1n) is 6.16. The lowest BCUT2D eigenvalue weighted by molar-refractivity contribution is 0.226. The zero-order valence-corrected chi connectivity index (χ0v) is 10.2. The molecule has 1 fully saturated rings. The Balaban J connectivity index is 2.08. The first-order chi connectivity index (χ1) is 7.72. The highest BCUT2D eigenvalue weighted by atomic mass is 15.3. The van der Waals surface area contributed by atoms with Crippen LogP contribution in [0, 0.1) is 11.8 Å². The van der Waals surface area contributed by atoms with Gasteiger partial charge in [-0.15, -0.1) is 0 Å². The summed E-state index contributed by atoms with van der Waals surface area (Å²) in [6.45, 7) is 2.34. The van der Waals surface area contributed by atoms with E-state index in [1.807, 2.05) is 17.9 Å². The summed E-state index contributed by atoms with van der Waals surface area (Å²) in [5.74, 6) is 7.23. The summed E-state index contributed by atoms with van der Waals surface area (Å²) in [6, 6.07) is 2.31. The predicted molar refractivity (Wildman–Crippen MR) is 64.4 cm³/mol. The maximum Gasteiger partial charge on any atom is 0.0657 e. The summed E-state index contributed by atoms with van der Waals surface area (Å²) < 4.78 is 1.92. The summed E-state index contributed by atoms with van der Waals surface area (Å²) in [6.07, 6.45) is 7.01. The number of aryl methyl sites for hydroxylation is 1. The molecule has 1 aromatic heterocycles. The van der Waals surface area contributed by atoms with E-state index in [-0.39, 0.29) is 6.04 Å². The molecule has 1 heterocycles. The van der Waals surface area contributed by atoms with E-state index in [1.165, 1.54) is 31.4 Å². The van der Waals surface area contributed by atoms with Gasteiger partial charge in [-0.1, -0.05) is 19.8 Å². The average Bonchev–Trinajstić information content (AvgIpc) is 2.69. The second-order valence-corrected chi connectivity index (χ2v) is 5.04. The minimum absolute atomic E-state index is 0.250. The van der Waals surface area contributed by atoms with Gasteiger partial charge in [0.05, 0.1) is 11.7 Å². The van der Waals surface area contributed by atoms with Crippen molar-refractivity contribution >= 4 is 0 Å². The smallest absolute Gasteiger partial charge is 0.0657 e. The summed E-state index contributed by atoms with van der Waals surface area (Å²) >= 11 is 0. The molecular weight excluding hydrogens is 200 g/mol. The maximum absolute atomic E-state index is 5.71. The minimum Gasteiger partial charge on any atom is -0.271 e. The van der Waals surface area contributed by atoms with Crippen molar-refractivity contribution < 1.29 is 0 Å². The fourth-order valence-corrected chi connectivity index (χ4v) is 2.77. The van der Waals surface area contributed by atoms with E-state index in [4.69, 9.17) is 5.84 Å². The zero-order chi connectivity index (χ0) is 11.5. The number of hydrogen-bond acceptors (Lipinski definition) is 3.